The monoisotopic (exact) mass is 279 g/mol. The second-order valence-corrected chi connectivity index (χ2v) is 5.68. The number of morpholine rings is 1. The Morgan fingerprint density at radius 2 is 2.00 bits per heavy atom. The highest BCUT2D eigenvalue weighted by molar-refractivity contribution is 5.74. The van der Waals surface area contributed by atoms with Gasteiger partial charge in [-0.2, -0.15) is 0 Å². The van der Waals surface area contributed by atoms with E-state index in [-0.39, 0.29) is 12.1 Å². The fourth-order valence-corrected chi connectivity index (χ4v) is 2.79. The van der Waals surface area contributed by atoms with Crippen molar-refractivity contribution < 1.29 is 9.53 Å². The van der Waals surface area contributed by atoms with E-state index >= 15 is 0 Å². The van der Waals surface area contributed by atoms with Crippen LogP contribution < -0.4 is 5.32 Å². The summed E-state index contributed by atoms with van der Waals surface area (Å²) in [5.74, 6) is 3.22. The highest BCUT2D eigenvalue weighted by Gasteiger charge is 2.25. The van der Waals surface area contributed by atoms with Gasteiger partial charge in [-0.1, -0.05) is 5.92 Å². The Morgan fingerprint density at radius 3 is 2.60 bits per heavy atom. The van der Waals surface area contributed by atoms with E-state index in [4.69, 9.17) is 11.2 Å². The Hall–Kier alpha value is -1.25. The molecule has 2 aliphatic rings. The second kappa shape index (κ2) is 7.51. The predicted octanol–water partition coefficient (Wildman–Crippen LogP) is 0.762. The van der Waals surface area contributed by atoms with Crippen molar-refractivity contribution in [3.8, 4) is 12.3 Å². The average Bonchev–Trinajstić information content (AvgIpc) is 2.49. The van der Waals surface area contributed by atoms with Crippen LogP contribution in [-0.4, -0.2) is 67.8 Å². The molecule has 0 radical (unpaired) electrons. The van der Waals surface area contributed by atoms with E-state index < -0.39 is 0 Å². The summed E-state index contributed by atoms with van der Waals surface area (Å²) in [6.07, 6.45) is 7.43. The maximum atomic E-state index is 12.0. The Bertz CT molecular complexity index is 353. The topological polar surface area (TPSA) is 44.8 Å². The molecule has 0 aromatic heterocycles. The van der Waals surface area contributed by atoms with Gasteiger partial charge in [-0.3, -0.25) is 4.90 Å². The molecule has 2 amide bonds. The van der Waals surface area contributed by atoms with Gasteiger partial charge in [-0.15, -0.1) is 6.42 Å². The number of amides is 2. The van der Waals surface area contributed by atoms with E-state index in [9.17, 15) is 4.79 Å². The first-order chi connectivity index (χ1) is 9.69. The lowest BCUT2D eigenvalue weighted by Crippen LogP contribution is -2.48. The van der Waals surface area contributed by atoms with E-state index in [1.807, 2.05) is 11.8 Å². The number of piperidine rings is 1. The number of rotatable bonds is 3. The van der Waals surface area contributed by atoms with Crippen molar-refractivity contribution >= 4 is 6.03 Å². The molecule has 112 valence electrons. The SMILES string of the molecule is C#C[C@@H](C)NC(=O)N1CCC(CN2CCOCC2)CC1. The van der Waals surface area contributed by atoms with Crippen LogP contribution in [0.2, 0.25) is 0 Å². The number of nitrogens with zero attached hydrogens (tertiary/aromatic N) is 2. The molecule has 20 heavy (non-hydrogen) atoms. The van der Waals surface area contributed by atoms with Crippen LogP contribution in [0.25, 0.3) is 0 Å². The van der Waals surface area contributed by atoms with Crippen molar-refractivity contribution in [3.63, 3.8) is 0 Å². The van der Waals surface area contributed by atoms with Crippen LogP contribution in [0.1, 0.15) is 19.8 Å². The van der Waals surface area contributed by atoms with Gasteiger partial charge in [0.2, 0.25) is 0 Å². The van der Waals surface area contributed by atoms with E-state index in [1.54, 1.807) is 0 Å². The lowest BCUT2D eigenvalue weighted by atomic mass is 9.96. The van der Waals surface area contributed by atoms with Crippen molar-refractivity contribution in [2.75, 3.05) is 45.9 Å². The maximum absolute atomic E-state index is 12.0. The number of carbonyl (C=O) groups is 1. The predicted molar refractivity (Wildman–Crippen MR) is 78.4 cm³/mol. The number of hydrogen-bond donors (Lipinski definition) is 1. The van der Waals surface area contributed by atoms with Gasteiger partial charge in [-0.25, -0.2) is 4.79 Å². The largest absolute Gasteiger partial charge is 0.379 e. The van der Waals surface area contributed by atoms with Gasteiger partial charge in [0, 0.05) is 32.7 Å². The number of likely N-dealkylation sites (tertiary alicyclic amines) is 1. The van der Waals surface area contributed by atoms with Crippen molar-refractivity contribution in [1.29, 1.82) is 0 Å². The molecule has 2 aliphatic heterocycles. The number of hydrogen-bond acceptors (Lipinski definition) is 3. The molecule has 0 unspecified atom stereocenters. The van der Waals surface area contributed by atoms with E-state index in [2.05, 4.69) is 16.1 Å². The Labute approximate surface area is 121 Å². The van der Waals surface area contributed by atoms with Crippen LogP contribution in [0.5, 0.6) is 0 Å². The van der Waals surface area contributed by atoms with Gasteiger partial charge >= 0.3 is 6.03 Å². The summed E-state index contributed by atoms with van der Waals surface area (Å²) in [6, 6.07) is -0.228. The van der Waals surface area contributed by atoms with Crippen LogP contribution in [0.4, 0.5) is 4.79 Å². The zero-order valence-corrected chi connectivity index (χ0v) is 12.3. The van der Waals surface area contributed by atoms with Crippen molar-refractivity contribution in [3.05, 3.63) is 0 Å². The zero-order valence-electron chi connectivity index (χ0n) is 12.3. The third-order valence-electron chi connectivity index (χ3n) is 4.11. The summed E-state index contributed by atoms with van der Waals surface area (Å²) in [7, 11) is 0. The van der Waals surface area contributed by atoms with Gasteiger partial charge in [0.15, 0.2) is 0 Å². The number of terminal acetylenes is 1. The second-order valence-electron chi connectivity index (χ2n) is 5.68. The smallest absolute Gasteiger partial charge is 0.318 e. The Morgan fingerprint density at radius 1 is 1.35 bits per heavy atom. The normalized spacial score (nSPS) is 23.1. The molecular formula is C15H25N3O2. The quantitative estimate of drug-likeness (QED) is 0.776. The van der Waals surface area contributed by atoms with Gasteiger partial charge < -0.3 is 15.0 Å². The summed E-state index contributed by atoms with van der Waals surface area (Å²) in [4.78, 5) is 16.3. The first-order valence-corrected chi connectivity index (χ1v) is 7.50. The average molecular weight is 279 g/mol. The molecule has 0 aromatic carbocycles. The first-order valence-electron chi connectivity index (χ1n) is 7.50. The van der Waals surface area contributed by atoms with Crippen molar-refractivity contribution in [2.24, 2.45) is 5.92 Å². The summed E-state index contributed by atoms with van der Waals surface area (Å²) in [5, 5.41) is 2.82. The third kappa shape index (κ3) is 4.39. The lowest BCUT2D eigenvalue weighted by Gasteiger charge is -2.36. The van der Waals surface area contributed by atoms with Gasteiger partial charge in [0.1, 0.15) is 0 Å². The molecule has 5 heteroatoms. The molecule has 2 fully saturated rings. The molecule has 2 rings (SSSR count). The molecule has 2 heterocycles. The highest BCUT2D eigenvalue weighted by atomic mass is 16.5. The van der Waals surface area contributed by atoms with Crippen molar-refractivity contribution in [1.82, 2.24) is 15.1 Å². The Balaban J connectivity index is 1.69. The number of nitrogens with one attached hydrogen (secondary N) is 1. The number of ether oxygens (including phenoxy) is 1. The molecule has 1 atom stereocenters. The Kier molecular flexibility index (Phi) is 5.69. The zero-order chi connectivity index (χ0) is 14.4. The summed E-state index contributed by atoms with van der Waals surface area (Å²) in [6.45, 7) is 8.41. The molecule has 0 spiro atoms. The third-order valence-corrected chi connectivity index (χ3v) is 4.11. The molecule has 0 aromatic rings. The van der Waals surface area contributed by atoms with E-state index in [0.717, 1.165) is 58.8 Å². The summed E-state index contributed by atoms with van der Waals surface area (Å²) < 4.78 is 5.37. The molecule has 0 bridgehead atoms. The molecule has 0 aliphatic carbocycles. The van der Waals surface area contributed by atoms with E-state index in [0.29, 0.717) is 5.92 Å². The van der Waals surface area contributed by atoms with Gasteiger partial charge in [0.05, 0.1) is 19.3 Å². The van der Waals surface area contributed by atoms with Crippen LogP contribution in [0, 0.1) is 18.3 Å². The fraction of sp³-hybridized carbons (Fsp3) is 0.800. The van der Waals surface area contributed by atoms with Gasteiger partial charge in [0.25, 0.3) is 0 Å². The molecule has 2 saturated heterocycles. The highest BCUT2D eigenvalue weighted by Crippen LogP contribution is 2.19. The molecule has 5 nitrogen and oxygen atoms in total. The minimum Gasteiger partial charge on any atom is -0.379 e. The van der Waals surface area contributed by atoms with Crippen LogP contribution >= 0.6 is 0 Å². The van der Waals surface area contributed by atoms with Crippen LogP contribution in [-0.2, 0) is 4.74 Å². The first kappa shape index (κ1) is 15.1. The maximum Gasteiger partial charge on any atom is 0.318 e. The van der Waals surface area contributed by atoms with E-state index in [1.165, 1.54) is 0 Å². The lowest BCUT2D eigenvalue weighted by molar-refractivity contribution is 0.0258. The minimum atomic E-state index is -0.200. The van der Waals surface area contributed by atoms with Crippen LogP contribution in [0.15, 0.2) is 0 Å². The summed E-state index contributed by atoms with van der Waals surface area (Å²) in [5.41, 5.74) is 0. The molecule has 0 saturated carbocycles. The standard InChI is InChI=1S/C15H25N3O2/c1-3-13(2)16-15(19)18-6-4-14(5-7-18)12-17-8-10-20-11-9-17/h1,13-14H,4-12H2,2H3,(H,16,19)/t13-/m1/s1. The molecule has 1 N–H and O–H groups in total. The fourth-order valence-electron chi connectivity index (χ4n) is 2.79. The number of urea groups is 1. The molecular weight excluding hydrogens is 254 g/mol. The van der Waals surface area contributed by atoms with Gasteiger partial charge in [-0.05, 0) is 25.7 Å². The van der Waals surface area contributed by atoms with Crippen LogP contribution in [0.3, 0.4) is 0 Å². The summed E-state index contributed by atoms with van der Waals surface area (Å²) >= 11 is 0. The van der Waals surface area contributed by atoms with Crippen molar-refractivity contribution in [2.45, 2.75) is 25.8 Å². The number of carbonyl (C=O) groups excluding carboxylic acids is 1. The minimum absolute atomic E-state index is 0.0275.